The maximum absolute atomic E-state index is 12.7. The Morgan fingerprint density at radius 3 is 2.59 bits per heavy atom. The molecule has 0 aliphatic carbocycles. The number of aliphatic hydroxyl groups excluding tert-OH is 1. The molecule has 0 spiro atoms. The van der Waals surface area contributed by atoms with Gasteiger partial charge in [0.1, 0.15) is 5.82 Å². The normalized spacial score (nSPS) is 12.4. The van der Waals surface area contributed by atoms with E-state index in [9.17, 15) is 9.50 Å². The molecule has 1 N–H and O–H groups in total. The Morgan fingerprint density at radius 2 is 1.94 bits per heavy atom. The topological polar surface area (TPSA) is 33.1 Å². The van der Waals surface area contributed by atoms with Crippen molar-refractivity contribution in [3.05, 3.63) is 65.2 Å². The van der Waals surface area contributed by atoms with E-state index in [0.717, 1.165) is 11.1 Å². The van der Waals surface area contributed by atoms with Gasteiger partial charge in [-0.3, -0.25) is 4.98 Å². The number of pyridine rings is 1. The first-order valence-corrected chi connectivity index (χ1v) is 5.50. The molecule has 2 nitrogen and oxygen atoms in total. The molecule has 0 saturated carbocycles. The van der Waals surface area contributed by atoms with Gasteiger partial charge in [0, 0.05) is 12.6 Å². The van der Waals surface area contributed by atoms with Crippen LogP contribution >= 0.6 is 0 Å². The zero-order chi connectivity index (χ0) is 12.3. The molecule has 1 aromatic carbocycles. The molecule has 0 saturated heterocycles. The lowest BCUT2D eigenvalue weighted by molar-refractivity contribution is 0.173. The van der Waals surface area contributed by atoms with Gasteiger partial charge in [-0.1, -0.05) is 12.1 Å². The Hall–Kier alpha value is -1.74. The molecule has 2 aromatic rings. The van der Waals surface area contributed by atoms with Gasteiger partial charge >= 0.3 is 0 Å². The fraction of sp³-hybridized carbons (Fsp3) is 0.214. The number of aromatic nitrogens is 1. The quantitative estimate of drug-likeness (QED) is 0.881. The molecule has 0 aliphatic rings. The van der Waals surface area contributed by atoms with Crippen molar-refractivity contribution in [1.82, 2.24) is 4.98 Å². The van der Waals surface area contributed by atoms with Crippen LogP contribution in [-0.4, -0.2) is 10.1 Å². The number of rotatable bonds is 3. The fourth-order valence-electron chi connectivity index (χ4n) is 1.69. The van der Waals surface area contributed by atoms with Crippen LogP contribution < -0.4 is 0 Å². The summed E-state index contributed by atoms with van der Waals surface area (Å²) in [5.41, 5.74) is 2.60. The summed E-state index contributed by atoms with van der Waals surface area (Å²) in [6.45, 7) is 1.95. The van der Waals surface area contributed by atoms with E-state index in [0.29, 0.717) is 12.1 Å². The summed E-state index contributed by atoms with van der Waals surface area (Å²) in [5.74, 6) is -0.267. The van der Waals surface area contributed by atoms with Crippen molar-refractivity contribution in [2.45, 2.75) is 19.4 Å². The van der Waals surface area contributed by atoms with Crippen molar-refractivity contribution in [3.63, 3.8) is 0 Å². The molecule has 2 rings (SSSR count). The lowest BCUT2D eigenvalue weighted by Gasteiger charge is -2.10. The second-order valence-electron chi connectivity index (χ2n) is 4.10. The van der Waals surface area contributed by atoms with E-state index >= 15 is 0 Å². The Labute approximate surface area is 99.8 Å². The minimum absolute atomic E-state index is 0.267. The molecule has 0 radical (unpaired) electrons. The lowest BCUT2D eigenvalue weighted by atomic mass is 10.0. The van der Waals surface area contributed by atoms with E-state index in [1.807, 2.05) is 19.1 Å². The van der Waals surface area contributed by atoms with Crippen LogP contribution in [0.1, 0.15) is 22.9 Å². The summed E-state index contributed by atoms with van der Waals surface area (Å²) in [4.78, 5) is 4.13. The van der Waals surface area contributed by atoms with Crippen LogP contribution in [0.3, 0.4) is 0 Å². The Morgan fingerprint density at radius 1 is 1.24 bits per heavy atom. The Bertz CT molecular complexity index is 496. The summed E-state index contributed by atoms with van der Waals surface area (Å²) in [5, 5.41) is 10.0. The van der Waals surface area contributed by atoms with Crippen molar-refractivity contribution in [2.24, 2.45) is 0 Å². The maximum atomic E-state index is 12.7. The molecule has 0 amide bonds. The van der Waals surface area contributed by atoms with Crippen LogP contribution in [0.5, 0.6) is 0 Å². The monoisotopic (exact) mass is 231 g/mol. The second-order valence-corrected chi connectivity index (χ2v) is 4.10. The lowest BCUT2D eigenvalue weighted by Crippen LogP contribution is -2.04. The fourth-order valence-corrected chi connectivity index (χ4v) is 1.69. The highest BCUT2D eigenvalue weighted by Gasteiger charge is 2.10. The van der Waals surface area contributed by atoms with Crippen molar-refractivity contribution in [1.29, 1.82) is 0 Å². The molecule has 1 atom stereocenters. The van der Waals surface area contributed by atoms with Gasteiger partial charge in [0.25, 0.3) is 0 Å². The van der Waals surface area contributed by atoms with E-state index < -0.39 is 6.10 Å². The number of aryl methyl sites for hydroxylation is 1. The number of benzene rings is 1. The molecule has 3 heteroatoms. The molecule has 1 heterocycles. The largest absolute Gasteiger partial charge is 0.386 e. The number of halogens is 1. The minimum Gasteiger partial charge on any atom is -0.386 e. The zero-order valence-electron chi connectivity index (χ0n) is 9.60. The first-order chi connectivity index (χ1) is 8.15. The van der Waals surface area contributed by atoms with Gasteiger partial charge in [0.15, 0.2) is 0 Å². The minimum atomic E-state index is -0.652. The van der Waals surface area contributed by atoms with Gasteiger partial charge in [-0.15, -0.1) is 0 Å². The predicted octanol–water partition coefficient (Wildman–Crippen LogP) is 2.81. The average Bonchev–Trinajstić information content (AvgIpc) is 2.32. The summed E-state index contributed by atoms with van der Waals surface area (Å²) < 4.78 is 12.7. The molecular weight excluding hydrogens is 217 g/mol. The van der Waals surface area contributed by atoms with Gasteiger partial charge in [0.05, 0.1) is 11.8 Å². The number of hydrogen-bond donors (Lipinski definition) is 1. The van der Waals surface area contributed by atoms with E-state index in [1.54, 1.807) is 18.3 Å². The smallest absolute Gasteiger partial charge is 0.123 e. The molecule has 17 heavy (non-hydrogen) atoms. The van der Waals surface area contributed by atoms with Crippen molar-refractivity contribution in [3.8, 4) is 0 Å². The summed E-state index contributed by atoms with van der Waals surface area (Å²) >= 11 is 0. The third kappa shape index (κ3) is 3.11. The predicted molar refractivity (Wildman–Crippen MR) is 64.0 cm³/mol. The average molecular weight is 231 g/mol. The standard InChI is InChI=1S/C14H14FNO/c1-10-6-7-16-13(8-10)14(17)9-11-2-4-12(15)5-3-11/h2-8,14,17H,9H2,1H3. The van der Waals surface area contributed by atoms with E-state index in [4.69, 9.17) is 0 Å². The molecule has 0 aliphatic heterocycles. The van der Waals surface area contributed by atoms with Crippen LogP contribution in [0.2, 0.25) is 0 Å². The van der Waals surface area contributed by atoms with Crippen molar-refractivity contribution >= 4 is 0 Å². The van der Waals surface area contributed by atoms with Crippen LogP contribution in [-0.2, 0) is 6.42 Å². The SMILES string of the molecule is Cc1ccnc(C(O)Cc2ccc(F)cc2)c1. The molecule has 0 fully saturated rings. The third-order valence-electron chi connectivity index (χ3n) is 2.62. The number of hydrogen-bond acceptors (Lipinski definition) is 2. The van der Waals surface area contributed by atoms with E-state index in [-0.39, 0.29) is 5.82 Å². The van der Waals surface area contributed by atoms with Gasteiger partial charge < -0.3 is 5.11 Å². The Kier molecular flexibility index (Phi) is 3.49. The van der Waals surface area contributed by atoms with Crippen LogP contribution in [0.4, 0.5) is 4.39 Å². The van der Waals surface area contributed by atoms with Gasteiger partial charge in [-0.2, -0.15) is 0 Å². The highest BCUT2D eigenvalue weighted by molar-refractivity contribution is 5.21. The third-order valence-corrected chi connectivity index (χ3v) is 2.62. The van der Waals surface area contributed by atoms with E-state index in [1.165, 1.54) is 12.1 Å². The maximum Gasteiger partial charge on any atom is 0.123 e. The first kappa shape index (κ1) is 11.7. The molecule has 88 valence electrons. The highest BCUT2D eigenvalue weighted by Crippen LogP contribution is 2.17. The highest BCUT2D eigenvalue weighted by atomic mass is 19.1. The number of aliphatic hydroxyl groups is 1. The second kappa shape index (κ2) is 5.06. The molecule has 0 bridgehead atoms. The van der Waals surface area contributed by atoms with Crippen LogP contribution in [0, 0.1) is 12.7 Å². The van der Waals surface area contributed by atoms with Gasteiger partial charge in [-0.05, 0) is 42.3 Å². The number of nitrogens with zero attached hydrogens (tertiary/aromatic N) is 1. The Balaban J connectivity index is 2.11. The van der Waals surface area contributed by atoms with E-state index in [2.05, 4.69) is 4.98 Å². The zero-order valence-corrected chi connectivity index (χ0v) is 9.60. The first-order valence-electron chi connectivity index (χ1n) is 5.50. The molecular formula is C14H14FNO. The van der Waals surface area contributed by atoms with Crippen LogP contribution in [0.15, 0.2) is 42.6 Å². The van der Waals surface area contributed by atoms with Gasteiger partial charge in [0.2, 0.25) is 0 Å². The molecule has 1 unspecified atom stereocenters. The van der Waals surface area contributed by atoms with Crippen molar-refractivity contribution < 1.29 is 9.50 Å². The summed E-state index contributed by atoms with van der Waals surface area (Å²) in [6.07, 6.45) is 1.47. The van der Waals surface area contributed by atoms with Gasteiger partial charge in [-0.25, -0.2) is 4.39 Å². The summed E-state index contributed by atoms with van der Waals surface area (Å²) in [6, 6.07) is 9.88. The summed E-state index contributed by atoms with van der Waals surface area (Å²) in [7, 11) is 0. The van der Waals surface area contributed by atoms with Crippen molar-refractivity contribution in [2.75, 3.05) is 0 Å². The molecule has 1 aromatic heterocycles. The van der Waals surface area contributed by atoms with Crippen LogP contribution in [0.25, 0.3) is 0 Å².